The van der Waals surface area contributed by atoms with E-state index in [1.807, 2.05) is 0 Å². The molecule has 0 aliphatic heterocycles. The van der Waals surface area contributed by atoms with Gasteiger partial charge in [0.15, 0.2) is 5.82 Å². The van der Waals surface area contributed by atoms with Gasteiger partial charge in [0.05, 0.1) is 12.0 Å². The first-order valence-electron chi connectivity index (χ1n) is 8.28. The van der Waals surface area contributed by atoms with Gasteiger partial charge in [-0.15, -0.1) is 0 Å². The average Bonchev–Trinajstić information content (AvgIpc) is 3.19. The van der Waals surface area contributed by atoms with Crippen molar-refractivity contribution in [2.24, 2.45) is 0 Å². The number of hydrogen-bond acceptors (Lipinski definition) is 6. The van der Waals surface area contributed by atoms with Crippen molar-refractivity contribution in [2.75, 3.05) is 5.32 Å². The van der Waals surface area contributed by atoms with E-state index in [2.05, 4.69) is 19.4 Å². The van der Waals surface area contributed by atoms with Crippen molar-refractivity contribution in [3.63, 3.8) is 0 Å². The molecular formula is C18H15F4N3O3S. The zero-order valence-electron chi connectivity index (χ0n) is 15.2. The zero-order valence-corrected chi connectivity index (χ0v) is 16.0. The minimum Gasteiger partial charge on any atom is -0.461 e. The summed E-state index contributed by atoms with van der Waals surface area (Å²) in [5.74, 6) is -3.09. The summed E-state index contributed by atoms with van der Waals surface area (Å²) in [5.41, 5.74) is 0.617. The number of rotatable bonds is 7. The Morgan fingerprint density at radius 3 is 2.79 bits per heavy atom. The average molecular weight is 429 g/mol. The van der Waals surface area contributed by atoms with Crippen molar-refractivity contribution in [1.29, 1.82) is 0 Å². The lowest BCUT2D eigenvalue weighted by Crippen LogP contribution is -2.15. The number of aromatic nitrogens is 2. The largest absolute Gasteiger partial charge is 0.461 e. The lowest BCUT2D eigenvalue weighted by Gasteiger charge is -2.05. The summed E-state index contributed by atoms with van der Waals surface area (Å²) >= 11 is 0.785. The van der Waals surface area contributed by atoms with Gasteiger partial charge in [-0.25, -0.2) is 13.8 Å². The van der Waals surface area contributed by atoms with Crippen LogP contribution in [0.25, 0.3) is 11.3 Å². The van der Waals surface area contributed by atoms with Gasteiger partial charge in [0.25, 0.3) is 11.8 Å². The highest BCUT2D eigenvalue weighted by Crippen LogP contribution is 2.29. The van der Waals surface area contributed by atoms with Crippen LogP contribution in [0.3, 0.4) is 0 Å². The maximum absolute atomic E-state index is 13.0. The van der Waals surface area contributed by atoms with E-state index in [0.717, 1.165) is 18.5 Å². The van der Waals surface area contributed by atoms with Crippen LogP contribution in [0, 0.1) is 6.92 Å². The summed E-state index contributed by atoms with van der Waals surface area (Å²) in [6.45, 7) is -0.653. The van der Waals surface area contributed by atoms with Crippen LogP contribution >= 0.6 is 11.5 Å². The van der Waals surface area contributed by atoms with E-state index in [1.54, 1.807) is 13.0 Å². The van der Waals surface area contributed by atoms with Gasteiger partial charge in [-0.05, 0) is 32.0 Å². The topological polar surface area (TPSA) is 77.2 Å². The summed E-state index contributed by atoms with van der Waals surface area (Å²) in [6, 6.07) is 7.28. The van der Waals surface area contributed by atoms with Crippen LogP contribution in [-0.4, -0.2) is 27.8 Å². The molecule has 2 heterocycles. The molecule has 1 aromatic carbocycles. The summed E-state index contributed by atoms with van der Waals surface area (Å²) in [5, 5.41) is 2.56. The third-order valence-corrected chi connectivity index (χ3v) is 4.33. The van der Waals surface area contributed by atoms with Crippen molar-refractivity contribution in [3.05, 3.63) is 47.5 Å². The molecule has 0 bridgehead atoms. The molecule has 3 rings (SSSR count). The normalized spacial score (nSPS) is 11.7. The lowest BCUT2D eigenvalue weighted by atomic mass is 10.1. The standard InChI is InChI=1S/C18H15F4N3O3S/c1-9-12(15(26)24-17-23-14(25-29-17)8-18(2,21)22)7-13(27-9)10-4-3-5-11(6-10)28-16(19)20/h3-7,16H,8H2,1-2H3,(H,23,24,25,26). The maximum Gasteiger partial charge on any atom is 0.387 e. The molecule has 154 valence electrons. The van der Waals surface area contributed by atoms with Gasteiger partial charge < -0.3 is 9.15 Å². The lowest BCUT2D eigenvalue weighted by molar-refractivity contribution is -0.0498. The molecule has 11 heteroatoms. The summed E-state index contributed by atoms with van der Waals surface area (Å²) in [6.07, 6.45) is -0.634. The van der Waals surface area contributed by atoms with E-state index in [-0.39, 0.29) is 33.8 Å². The molecule has 2 aromatic heterocycles. The molecule has 6 nitrogen and oxygen atoms in total. The van der Waals surface area contributed by atoms with Crippen molar-refractivity contribution in [2.45, 2.75) is 32.8 Å². The van der Waals surface area contributed by atoms with Gasteiger partial charge in [0, 0.05) is 17.1 Å². The molecule has 0 fully saturated rings. The maximum atomic E-state index is 13.0. The quantitative estimate of drug-likeness (QED) is 0.525. The number of furan rings is 1. The van der Waals surface area contributed by atoms with Crippen molar-refractivity contribution < 1.29 is 31.5 Å². The van der Waals surface area contributed by atoms with Gasteiger partial charge in [-0.1, -0.05) is 12.1 Å². The van der Waals surface area contributed by atoms with Crippen LogP contribution < -0.4 is 10.1 Å². The van der Waals surface area contributed by atoms with E-state index in [9.17, 15) is 22.4 Å². The highest BCUT2D eigenvalue weighted by atomic mass is 32.1. The first-order valence-corrected chi connectivity index (χ1v) is 9.05. The van der Waals surface area contributed by atoms with Crippen LogP contribution in [0.15, 0.2) is 34.7 Å². The molecule has 1 amide bonds. The first kappa shape index (κ1) is 20.8. The molecule has 0 atom stereocenters. The Kier molecular flexibility index (Phi) is 5.87. The minimum absolute atomic E-state index is 0.0494. The number of carbonyl (C=O) groups excluding carboxylic acids is 1. The number of halogens is 4. The van der Waals surface area contributed by atoms with E-state index < -0.39 is 24.9 Å². The number of nitrogens with one attached hydrogen (secondary N) is 1. The molecule has 0 aliphatic carbocycles. The summed E-state index contributed by atoms with van der Waals surface area (Å²) in [4.78, 5) is 16.4. The summed E-state index contributed by atoms with van der Waals surface area (Å²) in [7, 11) is 0. The molecular weight excluding hydrogens is 414 g/mol. The first-order chi connectivity index (χ1) is 13.6. The number of carbonyl (C=O) groups is 1. The Labute approximate surface area is 166 Å². The van der Waals surface area contributed by atoms with Gasteiger partial charge >= 0.3 is 6.61 Å². The van der Waals surface area contributed by atoms with Crippen LogP contribution in [0.1, 0.15) is 28.9 Å². The minimum atomic E-state index is -2.96. The fourth-order valence-electron chi connectivity index (χ4n) is 2.49. The Bertz CT molecular complexity index is 1010. The Morgan fingerprint density at radius 1 is 1.34 bits per heavy atom. The van der Waals surface area contributed by atoms with Crippen LogP contribution in [0.4, 0.5) is 22.7 Å². The highest BCUT2D eigenvalue weighted by molar-refractivity contribution is 7.09. The number of hydrogen-bond donors (Lipinski definition) is 1. The molecule has 0 aliphatic rings. The fraction of sp³-hybridized carbons (Fsp3) is 0.278. The Hall–Kier alpha value is -2.95. The number of anilines is 1. The van der Waals surface area contributed by atoms with Gasteiger partial charge in [-0.3, -0.25) is 10.1 Å². The molecule has 0 saturated heterocycles. The molecule has 3 aromatic rings. The molecule has 0 radical (unpaired) electrons. The predicted octanol–water partition coefficient (Wildman–Crippen LogP) is 5.16. The van der Waals surface area contributed by atoms with Crippen LogP contribution in [0.2, 0.25) is 0 Å². The molecule has 0 saturated carbocycles. The second-order valence-electron chi connectivity index (χ2n) is 6.20. The fourth-order valence-corrected chi connectivity index (χ4v) is 3.08. The number of alkyl halides is 4. The van der Waals surface area contributed by atoms with E-state index in [0.29, 0.717) is 5.56 Å². The highest BCUT2D eigenvalue weighted by Gasteiger charge is 2.25. The van der Waals surface area contributed by atoms with Crippen LogP contribution in [-0.2, 0) is 6.42 Å². The van der Waals surface area contributed by atoms with Crippen molar-refractivity contribution in [3.8, 4) is 17.1 Å². The SMILES string of the molecule is Cc1oc(-c2cccc(OC(F)F)c2)cc1C(=O)Nc1nc(CC(C)(F)F)ns1. The van der Waals surface area contributed by atoms with E-state index >= 15 is 0 Å². The number of ether oxygens (including phenoxy) is 1. The predicted molar refractivity (Wildman–Crippen MR) is 97.7 cm³/mol. The van der Waals surface area contributed by atoms with Gasteiger partial charge in [0.1, 0.15) is 17.3 Å². The van der Waals surface area contributed by atoms with E-state index in [1.165, 1.54) is 24.3 Å². The zero-order chi connectivity index (χ0) is 21.2. The number of benzene rings is 1. The monoisotopic (exact) mass is 429 g/mol. The molecule has 0 unspecified atom stereocenters. The molecule has 0 spiro atoms. The Morgan fingerprint density at radius 2 is 2.10 bits per heavy atom. The van der Waals surface area contributed by atoms with E-state index in [4.69, 9.17) is 4.42 Å². The smallest absolute Gasteiger partial charge is 0.387 e. The van der Waals surface area contributed by atoms with Crippen molar-refractivity contribution in [1.82, 2.24) is 9.36 Å². The Balaban J connectivity index is 1.76. The number of nitrogens with zero attached hydrogens (tertiary/aromatic N) is 2. The van der Waals surface area contributed by atoms with Crippen molar-refractivity contribution >= 4 is 22.6 Å². The molecule has 1 N–H and O–H groups in total. The second-order valence-corrected chi connectivity index (χ2v) is 6.96. The third-order valence-electron chi connectivity index (χ3n) is 3.66. The molecule has 29 heavy (non-hydrogen) atoms. The summed E-state index contributed by atoms with van der Waals surface area (Å²) < 4.78 is 64.5. The number of aryl methyl sites for hydroxylation is 1. The van der Waals surface area contributed by atoms with Gasteiger partial charge in [-0.2, -0.15) is 13.2 Å². The van der Waals surface area contributed by atoms with Crippen LogP contribution in [0.5, 0.6) is 5.75 Å². The van der Waals surface area contributed by atoms with Gasteiger partial charge in [0.2, 0.25) is 5.13 Å². The second kappa shape index (κ2) is 8.19. The third kappa shape index (κ3) is 5.53. The number of amides is 1.